The van der Waals surface area contributed by atoms with Crippen LogP contribution in [0.5, 0.6) is 0 Å². The zero-order chi connectivity index (χ0) is 73.7. The minimum atomic E-state index is -4.95. The molecule has 0 aromatic carbocycles. The van der Waals surface area contributed by atoms with Gasteiger partial charge in [-0.3, -0.25) is 32.5 Å². The number of esters is 3. The molecule has 0 radical (unpaired) electrons. The summed E-state index contributed by atoms with van der Waals surface area (Å²) in [7, 11) is -9.82. The van der Waals surface area contributed by atoms with Crippen LogP contribution < -0.4 is 0 Å². The topological polar surface area (TPSA) is 231 Å². The normalized spacial score (nSPS) is 15.0. The zero-order valence-electron chi connectivity index (χ0n) is 62.2. The number of aliphatic hydroxyl groups excluding tert-OH is 2. The SMILES string of the molecule is CC/C=C\C/C=C\C/C=C\C/C=C\C/C=C\C/C=C\CCCCC(=O)OCC(COP(=O)(O)OCC(O)COP(=O)(O)OCC(O)COC(=O)CCCCCCCCCCC/C=C\C/C=C\C/C=C\C/C=C\C/C=C\CC)OC(=O)CCCCCCCC/C=C\C/C=C\C/C=C\C/C=C\CC. The number of carbonyl (C=O) groups excluding carboxylic acids is 3. The number of hydrogen-bond donors (Lipinski definition) is 4. The van der Waals surface area contributed by atoms with Crippen LogP contribution in [0, 0.1) is 0 Å². The lowest BCUT2D eigenvalue weighted by Crippen LogP contribution is -2.30. The van der Waals surface area contributed by atoms with E-state index in [1.807, 2.05) is 0 Å². The van der Waals surface area contributed by atoms with Crippen molar-refractivity contribution in [2.45, 2.75) is 283 Å². The quantitative estimate of drug-likeness (QED) is 0.0146. The van der Waals surface area contributed by atoms with E-state index in [9.17, 15) is 43.5 Å². The van der Waals surface area contributed by atoms with E-state index in [0.29, 0.717) is 19.3 Å². The Morgan fingerprint density at radius 1 is 0.277 bits per heavy atom. The van der Waals surface area contributed by atoms with Crippen LogP contribution in [0.2, 0.25) is 0 Å². The van der Waals surface area contributed by atoms with E-state index in [1.54, 1.807) is 0 Å². The van der Waals surface area contributed by atoms with Gasteiger partial charge in [0.1, 0.15) is 25.4 Å². The molecule has 0 amide bonds. The van der Waals surface area contributed by atoms with E-state index in [1.165, 1.54) is 25.7 Å². The number of carbonyl (C=O) groups is 3. The maximum absolute atomic E-state index is 13.0. The number of rotatable bonds is 70. The first-order valence-electron chi connectivity index (χ1n) is 38.1. The van der Waals surface area contributed by atoms with Crippen molar-refractivity contribution in [2.75, 3.05) is 39.6 Å². The molecule has 0 heterocycles. The molecule has 0 aromatic rings. The van der Waals surface area contributed by atoms with E-state index in [2.05, 4.69) is 203 Å². The van der Waals surface area contributed by atoms with Crippen LogP contribution >= 0.6 is 15.6 Å². The monoisotopic (exact) mass is 1450 g/mol. The van der Waals surface area contributed by atoms with Gasteiger partial charge in [0.25, 0.3) is 0 Å². The molecule has 16 nitrogen and oxygen atoms in total. The van der Waals surface area contributed by atoms with Crippen molar-refractivity contribution < 1.29 is 75.8 Å². The Hall–Kier alpha value is -5.35. The van der Waals surface area contributed by atoms with Crippen LogP contribution in [-0.2, 0) is 55.8 Å². The number of ether oxygens (including phenoxy) is 3. The second-order valence-corrected chi connectivity index (χ2v) is 27.6. The predicted octanol–water partition coefficient (Wildman–Crippen LogP) is 22.2. The molecule has 101 heavy (non-hydrogen) atoms. The molecule has 572 valence electrons. The summed E-state index contributed by atoms with van der Waals surface area (Å²) in [5.41, 5.74) is 0. The van der Waals surface area contributed by atoms with Gasteiger partial charge in [-0.1, -0.05) is 274 Å². The van der Waals surface area contributed by atoms with Gasteiger partial charge >= 0.3 is 33.6 Å². The molecule has 0 aliphatic heterocycles. The summed E-state index contributed by atoms with van der Waals surface area (Å²) >= 11 is 0. The Balaban J connectivity index is 4.73. The molecule has 0 rings (SSSR count). The maximum atomic E-state index is 13.0. The molecule has 0 fully saturated rings. The van der Waals surface area contributed by atoms with Gasteiger partial charge in [-0.05, 0) is 154 Å². The molecule has 0 spiro atoms. The Labute approximate surface area is 611 Å². The Bertz CT molecular complexity index is 2570. The fourth-order valence-electron chi connectivity index (χ4n) is 9.41. The van der Waals surface area contributed by atoms with Gasteiger partial charge in [-0.25, -0.2) is 9.13 Å². The van der Waals surface area contributed by atoms with E-state index in [-0.39, 0.29) is 19.3 Å². The first-order chi connectivity index (χ1) is 49.2. The van der Waals surface area contributed by atoms with Crippen molar-refractivity contribution in [2.24, 2.45) is 0 Å². The van der Waals surface area contributed by atoms with E-state index >= 15 is 0 Å². The highest BCUT2D eigenvalue weighted by Crippen LogP contribution is 2.45. The van der Waals surface area contributed by atoms with Crippen LogP contribution in [0.25, 0.3) is 0 Å². The third-order valence-electron chi connectivity index (χ3n) is 15.1. The van der Waals surface area contributed by atoms with Gasteiger partial charge < -0.3 is 34.2 Å². The van der Waals surface area contributed by atoms with Gasteiger partial charge in [0.05, 0.1) is 26.4 Å². The summed E-state index contributed by atoms with van der Waals surface area (Å²) in [6, 6.07) is 0. The predicted molar refractivity (Wildman–Crippen MR) is 417 cm³/mol. The van der Waals surface area contributed by atoms with Crippen LogP contribution in [0.4, 0.5) is 0 Å². The minimum Gasteiger partial charge on any atom is -0.463 e. The van der Waals surface area contributed by atoms with Gasteiger partial charge in [0.2, 0.25) is 0 Å². The third kappa shape index (κ3) is 75.6. The number of hydrogen-bond acceptors (Lipinski definition) is 14. The molecule has 0 aliphatic rings. The van der Waals surface area contributed by atoms with Crippen LogP contribution in [-0.4, -0.2) is 95.9 Å². The minimum absolute atomic E-state index is 0.0708. The lowest BCUT2D eigenvalue weighted by atomic mass is 10.1. The zero-order valence-corrected chi connectivity index (χ0v) is 64.0. The van der Waals surface area contributed by atoms with E-state index < -0.39 is 91.5 Å². The molecular weight excluding hydrogens is 1310 g/mol. The number of aliphatic hydroxyl groups is 2. The molecule has 0 bridgehead atoms. The summed E-state index contributed by atoms with van der Waals surface area (Å²) in [6.07, 6.45) is 95.0. The largest absolute Gasteiger partial charge is 0.472 e. The Kier molecular flexibility index (Phi) is 70.4. The summed E-state index contributed by atoms with van der Waals surface area (Å²) in [5, 5.41) is 20.6. The lowest BCUT2D eigenvalue weighted by Gasteiger charge is -2.21. The van der Waals surface area contributed by atoms with Gasteiger partial charge in [0, 0.05) is 19.3 Å². The lowest BCUT2D eigenvalue weighted by molar-refractivity contribution is -0.161. The van der Waals surface area contributed by atoms with E-state index in [0.717, 1.165) is 180 Å². The molecule has 18 heteroatoms. The average molecular weight is 1450 g/mol. The van der Waals surface area contributed by atoms with Crippen molar-refractivity contribution in [1.82, 2.24) is 0 Å². The highest BCUT2D eigenvalue weighted by Gasteiger charge is 2.29. The second kappa shape index (κ2) is 74.4. The fourth-order valence-corrected chi connectivity index (χ4v) is 11.0. The molecule has 0 aliphatic carbocycles. The molecule has 5 atom stereocenters. The van der Waals surface area contributed by atoms with Crippen molar-refractivity contribution >= 4 is 33.6 Å². The van der Waals surface area contributed by atoms with Gasteiger partial charge in [0.15, 0.2) is 6.10 Å². The second-order valence-electron chi connectivity index (χ2n) is 24.7. The average Bonchev–Trinajstić information content (AvgIpc) is 0.970. The summed E-state index contributed by atoms with van der Waals surface area (Å²) < 4.78 is 61.1. The van der Waals surface area contributed by atoms with E-state index in [4.69, 9.17) is 32.3 Å². The standard InChI is InChI=1S/C83H134O16P2/c1-4-7-10-13-16-19-22-25-28-31-34-36-37-38-39-41-44-45-48-51-54-57-60-63-66-69-81(86)93-72-78(84)73-95-100(89,90)96-74-79(85)75-97-101(91,92)98-77-80(99-83(88)71-68-65-62-59-56-53-50-47-42-33-30-27-24-21-18-15-12-9-6-3)76-94-82(87)70-67-64-61-58-55-52-49-46-43-40-35-32-29-26-23-20-17-14-11-8-5-2/h7-12,16-21,25-30,34-36,38-40,42,46-47,49,55,58,78-80,84-85H,4-6,13-15,22-24,31-33,37,41,43-45,48,50-54,56-57,59-77H2,1-3H3,(H,89,90)(H,91,92)/b10-7-,11-8-,12-9-,19-16-,20-17-,21-18-,28-25-,29-26-,30-27-,36-34-,39-38-,40-35-,47-42-,49-46-,58-55-. The number of phosphoric acid groups is 2. The molecule has 4 N–H and O–H groups in total. The first-order valence-corrected chi connectivity index (χ1v) is 41.1. The van der Waals surface area contributed by atoms with Crippen LogP contribution in [0.1, 0.15) is 265 Å². The summed E-state index contributed by atoms with van der Waals surface area (Å²) in [4.78, 5) is 58.6. The number of phosphoric ester groups is 2. The Morgan fingerprint density at radius 3 is 0.802 bits per heavy atom. The van der Waals surface area contributed by atoms with Crippen molar-refractivity contribution in [3.8, 4) is 0 Å². The van der Waals surface area contributed by atoms with Gasteiger partial charge in [-0.15, -0.1) is 0 Å². The maximum Gasteiger partial charge on any atom is 0.472 e. The molecule has 0 saturated carbocycles. The molecule has 5 unspecified atom stereocenters. The number of unbranched alkanes of at least 4 members (excludes halogenated alkanes) is 17. The summed E-state index contributed by atoms with van der Waals surface area (Å²) in [6.45, 7) is 2.24. The molecular formula is C83H134O16P2. The number of allylic oxidation sites excluding steroid dienone is 30. The fraction of sp³-hybridized carbons (Fsp3) is 0.602. The highest BCUT2D eigenvalue weighted by molar-refractivity contribution is 7.47. The van der Waals surface area contributed by atoms with Crippen molar-refractivity contribution in [3.63, 3.8) is 0 Å². The van der Waals surface area contributed by atoms with Crippen LogP contribution in [0.3, 0.4) is 0 Å². The highest BCUT2D eigenvalue weighted by atomic mass is 31.2. The first kappa shape index (κ1) is 95.6. The molecule has 0 aromatic heterocycles. The summed E-state index contributed by atoms with van der Waals surface area (Å²) in [5.74, 6) is -1.66. The third-order valence-corrected chi connectivity index (χ3v) is 17.0. The molecule has 0 saturated heterocycles. The Morgan fingerprint density at radius 2 is 0.495 bits per heavy atom. The van der Waals surface area contributed by atoms with Crippen LogP contribution in [0.15, 0.2) is 182 Å². The smallest absolute Gasteiger partial charge is 0.463 e. The van der Waals surface area contributed by atoms with Crippen molar-refractivity contribution in [3.05, 3.63) is 182 Å². The van der Waals surface area contributed by atoms with Crippen molar-refractivity contribution in [1.29, 1.82) is 0 Å². The van der Waals surface area contributed by atoms with Gasteiger partial charge in [-0.2, -0.15) is 0 Å².